The summed E-state index contributed by atoms with van der Waals surface area (Å²) >= 11 is 0. The van der Waals surface area contributed by atoms with Gasteiger partial charge in [-0.25, -0.2) is 4.98 Å². The zero-order valence-electron chi connectivity index (χ0n) is 11.2. The third-order valence-corrected chi connectivity index (χ3v) is 3.92. The quantitative estimate of drug-likeness (QED) is 0.912. The molecule has 1 aliphatic carbocycles. The van der Waals surface area contributed by atoms with Gasteiger partial charge in [0, 0.05) is 31.3 Å². The molecule has 6 nitrogen and oxygen atoms in total. The van der Waals surface area contributed by atoms with Crippen molar-refractivity contribution in [3.8, 4) is 0 Å². The Morgan fingerprint density at radius 3 is 2.85 bits per heavy atom. The second kappa shape index (κ2) is 4.47. The fourth-order valence-corrected chi connectivity index (χ4v) is 2.67. The number of carbonyl (C=O) groups excluding carboxylic acids is 1. The smallest absolute Gasteiger partial charge is 0.270 e. The summed E-state index contributed by atoms with van der Waals surface area (Å²) in [6.07, 6.45) is 6.27. The highest BCUT2D eigenvalue weighted by molar-refractivity contribution is 5.94. The van der Waals surface area contributed by atoms with E-state index < -0.39 is 0 Å². The van der Waals surface area contributed by atoms with E-state index in [0.717, 1.165) is 37.4 Å². The number of fused-ring (bicyclic) bond motifs is 1. The highest BCUT2D eigenvalue weighted by Gasteiger charge is 2.25. The van der Waals surface area contributed by atoms with Gasteiger partial charge in [-0.3, -0.25) is 4.79 Å². The molecule has 20 heavy (non-hydrogen) atoms. The van der Waals surface area contributed by atoms with Crippen molar-refractivity contribution in [3.63, 3.8) is 0 Å². The number of nitrogens with zero attached hydrogens (tertiary/aromatic N) is 4. The van der Waals surface area contributed by atoms with Crippen molar-refractivity contribution in [3.05, 3.63) is 24.0 Å². The summed E-state index contributed by atoms with van der Waals surface area (Å²) in [4.78, 5) is 18.9. The van der Waals surface area contributed by atoms with Crippen molar-refractivity contribution in [2.75, 3.05) is 18.0 Å². The Labute approximate surface area is 116 Å². The lowest BCUT2D eigenvalue weighted by Gasteiger charge is -2.19. The Bertz CT molecular complexity index is 655. The Morgan fingerprint density at radius 1 is 1.30 bits per heavy atom. The molecule has 1 saturated heterocycles. The van der Waals surface area contributed by atoms with Crippen molar-refractivity contribution < 1.29 is 4.79 Å². The lowest BCUT2D eigenvalue weighted by molar-refractivity contribution is 0.0946. The van der Waals surface area contributed by atoms with Crippen molar-refractivity contribution >= 4 is 17.4 Å². The van der Waals surface area contributed by atoms with E-state index >= 15 is 0 Å². The minimum absolute atomic E-state index is 0.0725. The van der Waals surface area contributed by atoms with Gasteiger partial charge in [-0.1, -0.05) is 0 Å². The molecule has 0 spiro atoms. The van der Waals surface area contributed by atoms with Crippen LogP contribution in [0.4, 0.5) is 5.82 Å². The molecule has 2 aromatic heterocycles. The SMILES string of the molecule is O=C(NC1CC1)c1cc(N2CCCC2)n2nccc2n1. The Hall–Kier alpha value is -2.11. The van der Waals surface area contributed by atoms with Gasteiger partial charge < -0.3 is 10.2 Å². The van der Waals surface area contributed by atoms with Gasteiger partial charge in [-0.2, -0.15) is 9.61 Å². The largest absolute Gasteiger partial charge is 0.356 e. The number of amides is 1. The minimum atomic E-state index is -0.0725. The first-order valence-corrected chi connectivity index (χ1v) is 7.22. The van der Waals surface area contributed by atoms with Gasteiger partial charge in [-0.05, 0) is 25.7 Å². The Kier molecular flexibility index (Phi) is 2.61. The van der Waals surface area contributed by atoms with Crippen LogP contribution in [0.1, 0.15) is 36.2 Å². The number of nitrogens with one attached hydrogen (secondary N) is 1. The van der Waals surface area contributed by atoms with Gasteiger partial charge >= 0.3 is 0 Å². The van der Waals surface area contributed by atoms with Crippen molar-refractivity contribution in [1.82, 2.24) is 19.9 Å². The fourth-order valence-electron chi connectivity index (χ4n) is 2.67. The number of hydrogen-bond donors (Lipinski definition) is 1. The van der Waals surface area contributed by atoms with Gasteiger partial charge in [0.1, 0.15) is 11.5 Å². The third-order valence-electron chi connectivity index (χ3n) is 3.92. The first-order chi connectivity index (χ1) is 9.81. The maximum absolute atomic E-state index is 12.2. The van der Waals surface area contributed by atoms with E-state index in [2.05, 4.69) is 20.3 Å². The van der Waals surface area contributed by atoms with Gasteiger partial charge in [0.05, 0.1) is 6.20 Å². The zero-order chi connectivity index (χ0) is 13.5. The summed E-state index contributed by atoms with van der Waals surface area (Å²) in [5.41, 5.74) is 1.22. The van der Waals surface area contributed by atoms with Crippen molar-refractivity contribution in [2.45, 2.75) is 31.7 Å². The minimum Gasteiger partial charge on any atom is -0.356 e. The van der Waals surface area contributed by atoms with Gasteiger partial charge in [-0.15, -0.1) is 0 Å². The summed E-state index contributed by atoms with van der Waals surface area (Å²) < 4.78 is 1.82. The lowest BCUT2D eigenvalue weighted by Crippen LogP contribution is -2.28. The molecule has 2 aliphatic rings. The van der Waals surface area contributed by atoms with Crippen LogP contribution in [0.5, 0.6) is 0 Å². The maximum atomic E-state index is 12.2. The first-order valence-electron chi connectivity index (χ1n) is 7.22. The number of rotatable bonds is 3. The molecule has 1 N–H and O–H groups in total. The second-order valence-electron chi connectivity index (χ2n) is 5.54. The summed E-state index contributed by atoms with van der Waals surface area (Å²) in [6, 6.07) is 4.05. The van der Waals surface area contributed by atoms with Crippen LogP contribution < -0.4 is 10.2 Å². The molecule has 2 fully saturated rings. The first kappa shape index (κ1) is 11.7. The standard InChI is InChI=1S/C14H17N5O/c20-14(16-10-3-4-10)11-9-13(18-7-1-2-8-18)19-12(17-11)5-6-15-19/h5-6,9-10H,1-4,7-8H2,(H,16,20). The van der Waals surface area contributed by atoms with E-state index in [0.29, 0.717) is 11.7 Å². The molecule has 0 radical (unpaired) electrons. The fraction of sp³-hybridized carbons (Fsp3) is 0.500. The molecule has 0 atom stereocenters. The van der Waals surface area contributed by atoms with Crippen LogP contribution in [0.3, 0.4) is 0 Å². The molecule has 0 bridgehead atoms. The zero-order valence-corrected chi connectivity index (χ0v) is 11.2. The monoisotopic (exact) mass is 271 g/mol. The van der Waals surface area contributed by atoms with Crippen LogP contribution in [-0.2, 0) is 0 Å². The lowest BCUT2D eigenvalue weighted by atomic mass is 10.3. The topological polar surface area (TPSA) is 62.5 Å². The summed E-state index contributed by atoms with van der Waals surface area (Å²) in [5.74, 6) is 0.898. The van der Waals surface area contributed by atoms with Crippen LogP contribution in [0.25, 0.3) is 5.65 Å². The Balaban J connectivity index is 1.75. The second-order valence-corrected chi connectivity index (χ2v) is 5.54. The predicted octanol–water partition coefficient (Wildman–Crippen LogP) is 1.22. The molecule has 3 heterocycles. The molecule has 6 heteroatoms. The molecule has 4 rings (SSSR count). The van der Waals surface area contributed by atoms with E-state index in [9.17, 15) is 4.79 Å². The number of hydrogen-bond acceptors (Lipinski definition) is 4. The number of aromatic nitrogens is 3. The molecular weight excluding hydrogens is 254 g/mol. The van der Waals surface area contributed by atoms with Crippen LogP contribution in [0.15, 0.2) is 18.3 Å². The van der Waals surface area contributed by atoms with Crippen LogP contribution in [0.2, 0.25) is 0 Å². The van der Waals surface area contributed by atoms with E-state index in [1.165, 1.54) is 12.8 Å². The molecule has 1 saturated carbocycles. The Morgan fingerprint density at radius 2 is 2.10 bits per heavy atom. The summed E-state index contributed by atoms with van der Waals surface area (Å²) in [5, 5.41) is 7.31. The predicted molar refractivity (Wildman–Crippen MR) is 74.9 cm³/mol. The number of carbonyl (C=O) groups is 1. The van der Waals surface area contributed by atoms with Crippen molar-refractivity contribution in [1.29, 1.82) is 0 Å². The molecule has 104 valence electrons. The van der Waals surface area contributed by atoms with Crippen molar-refractivity contribution in [2.24, 2.45) is 0 Å². The van der Waals surface area contributed by atoms with Crippen LogP contribution >= 0.6 is 0 Å². The molecule has 0 unspecified atom stereocenters. The van der Waals surface area contributed by atoms with Gasteiger partial charge in [0.25, 0.3) is 5.91 Å². The molecule has 1 amide bonds. The van der Waals surface area contributed by atoms with E-state index in [-0.39, 0.29) is 5.91 Å². The van der Waals surface area contributed by atoms with E-state index in [1.807, 2.05) is 16.6 Å². The molecule has 2 aromatic rings. The van der Waals surface area contributed by atoms with E-state index in [4.69, 9.17) is 0 Å². The van der Waals surface area contributed by atoms with E-state index in [1.54, 1.807) is 6.20 Å². The highest BCUT2D eigenvalue weighted by Crippen LogP contribution is 2.23. The average Bonchev–Trinajstić information content (AvgIpc) is 2.97. The molecular formula is C14H17N5O. The van der Waals surface area contributed by atoms with Gasteiger partial charge in [0.2, 0.25) is 0 Å². The molecule has 1 aliphatic heterocycles. The van der Waals surface area contributed by atoms with Crippen LogP contribution in [0, 0.1) is 0 Å². The van der Waals surface area contributed by atoms with Crippen LogP contribution in [-0.4, -0.2) is 39.6 Å². The summed E-state index contributed by atoms with van der Waals surface area (Å²) in [6.45, 7) is 2.03. The number of anilines is 1. The van der Waals surface area contributed by atoms with Gasteiger partial charge in [0.15, 0.2) is 5.65 Å². The average molecular weight is 271 g/mol. The highest BCUT2D eigenvalue weighted by atomic mass is 16.2. The summed E-state index contributed by atoms with van der Waals surface area (Å²) in [7, 11) is 0. The third kappa shape index (κ3) is 2.01. The maximum Gasteiger partial charge on any atom is 0.270 e. The normalized spacial score (nSPS) is 18.7. The molecule has 0 aromatic carbocycles.